The number of rotatable bonds is 4. The van der Waals surface area contributed by atoms with Crippen LogP contribution in [-0.2, 0) is 19.4 Å². The van der Waals surface area contributed by atoms with Gasteiger partial charge >= 0.3 is 5.69 Å². The summed E-state index contributed by atoms with van der Waals surface area (Å²) in [7, 11) is 0. The molecule has 0 spiro atoms. The van der Waals surface area contributed by atoms with E-state index in [-0.39, 0.29) is 5.69 Å². The number of nitrogens with zero attached hydrogens (tertiary/aromatic N) is 1. The van der Waals surface area contributed by atoms with Crippen molar-refractivity contribution in [3.05, 3.63) is 69.8 Å². The van der Waals surface area contributed by atoms with Gasteiger partial charge in [-0.15, -0.1) is 0 Å². The van der Waals surface area contributed by atoms with Crippen molar-refractivity contribution in [2.75, 3.05) is 6.54 Å². The number of fused-ring (bicyclic) bond motifs is 4. The first kappa shape index (κ1) is 16.4. The molecule has 0 bridgehead atoms. The predicted molar refractivity (Wildman–Crippen MR) is 109 cm³/mol. The van der Waals surface area contributed by atoms with Gasteiger partial charge in [0.15, 0.2) is 0 Å². The van der Waals surface area contributed by atoms with E-state index < -0.39 is 0 Å². The Labute approximate surface area is 157 Å². The van der Waals surface area contributed by atoms with Gasteiger partial charge in [-0.25, -0.2) is 4.79 Å². The molecule has 0 aliphatic heterocycles. The number of aryl methyl sites for hydroxylation is 2. The minimum atomic E-state index is -0.0314. The molecular formula is C22H24N4O. The topological polar surface area (TPSA) is 65.6 Å². The monoisotopic (exact) mass is 360 g/mol. The standard InChI is InChI=1S/C22H24N4O/c1-14-6-8-18-16(12-14)17-13-15(7-9-19(17)24-18)23-10-11-26-21-5-3-2-4-20(21)25-22(26)27/h2-6,8,12,15,23-24H,7,9-11,13H2,1H3,(H,25,27). The quantitative estimate of drug-likeness (QED) is 0.523. The fourth-order valence-electron chi connectivity index (χ4n) is 4.41. The van der Waals surface area contributed by atoms with Crippen molar-refractivity contribution in [3.8, 4) is 0 Å². The van der Waals surface area contributed by atoms with Crippen LogP contribution in [0.2, 0.25) is 0 Å². The lowest BCUT2D eigenvalue weighted by atomic mass is 9.91. The zero-order valence-electron chi connectivity index (χ0n) is 15.5. The van der Waals surface area contributed by atoms with E-state index in [0.717, 1.165) is 36.8 Å². The third kappa shape index (κ3) is 2.88. The average molecular weight is 360 g/mol. The molecule has 2 aromatic heterocycles. The summed E-state index contributed by atoms with van der Waals surface area (Å²) in [5.41, 5.74) is 7.25. The van der Waals surface area contributed by atoms with Gasteiger partial charge in [0.2, 0.25) is 0 Å². The van der Waals surface area contributed by atoms with E-state index in [1.807, 2.05) is 28.8 Å². The molecule has 1 aliphatic carbocycles. The summed E-state index contributed by atoms with van der Waals surface area (Å²) in [6.45, 7) is 3.62. The summed E-state index contributed by atoms with van der Waals surface area (Å²) in [4.78, 5) is 18.7. The Morgan fingerprint density at radius 3 is 2.96 bits per heavy atom. The Balaban J connectivity index is 1.30. The first-order valence-electron chi connectivity index (χ1n) is 9.70. The van der Waals surface area contributed by atoms with Crippen LogP contribution in [0.1, 0.15) is 23.2 Å². The average Bonchev–Trinajstić information content (AvgIpc) is 3.19. The largest absolute Gasteiger partial charge is 0.358 e. The molecule has 5 rings (SSSR count). The third-order valence-corrected chi connectivity index (χ3v) is 5.79. The summed E-state index contributed by atoms with van der Waals surface area (Å²) < 4.78 is 1.83. The summed E-state index contributed by atoms with van der Waals surface area (Å²) in [6, 6.07) is 15.0. The van der Waals surface area contributed by atoms with E-state index in [1.54, 1.807) is 0 Å². The highest BCUT2D eigenvalue weighted by atomic mass is 16.1. The summed E-state index contributed by atoms with van der Waals surface area (Å²) in [5, 5.41) is 5.04. The number of aromatic amines is 2. The van der Waals surface area contributed by atoms with Crippen molar-refractivity contribution in [3.63, 3.8) is 0 Å². The molecule has 2 aromatic carbocycles. The van der Waals surface area contributed by atoms with Crippen molar-refractivity contribution in [1.29, 1.82) is 0 Å². The lowest BCUT2D eigenvalue weighted by Crippen LogP contribution is -2.37. The maximum atomic E-state index is 12.2. The molecule has 1 aliphatic rings. The van der Waals surface area contributed by atoms with Crippen LogP contribution < -0.4 is 11.0 Å². The maximum absolute atomic E-state index is 12.2. The van der Waals surface area contributed by atoms with Gasteiger partial charge in [-0.3, -0.25) is 4.57 Å². The van der Waals surface area contributed by atoms with Crippen molar-refractivity contribution in [2.45, 2.75) is 38.8 Å². The van der Waals surface area contributed by atoms with E-state index in [4.69, 9.17) is 0 Å². The molecule has 1 unspecified atom stereocenters. The zero-order chi connectivity index (χ0) is 18.4. The molecule has 3 N–H and O–H groups in total. The van der Waals surface area contributed by atoms with Crippen LogP contribution in [0, 0.1) is 6.92 Å². The van der Waals surface area contributed by atoms with E-state index in [0.29, 0.717) is 12.6 Å². The number of nitrogens with one attached hydrogen (secondary N) is 3. The number of para-hydroxylation sites is 2. The van der Waals surface area contributed by atoms with Crippen molar-refractivity contribution < 1.29 is 0 Å². The fraction of sp³-hybridized carbons (Fsp3) is 0.318. The molecule has 4 aromatic rings. The molecule has 0 saturated heterocycles. The lowest BCUT2D eigenvalue weighted by Gasteiger charge is -2.24. The van der Waals surface area contributed by atoms with Crippen molar-refractivity contribution in [1.82, 2.24) is 19.9 Å². The molecule has 0 radical (unpaired) electrons. The maximum Gasteiger partial charge on any atom is 0.326 e. The highest BCUT2D eigenvalue weighted by Gasteiger charge is 2.22. The first-order chi connectivity index (χ1) is 13.2. The van der Waals surface area contributed by atoms with Crippen LogP contribution in [0.3, 0.4) is 0 Å². The van der Waals surface area contributed by atoms with Crippen LogP contribution in [0.5, 0.6) is 0 Å². The van der Waals surface area contributed by atoms with Crippen LogP contribution in [0.15, 0.2) is 47.3 Å². The van der Waals surface area contributed by atoms with Gasteiger partial charge < -0.3 is 15.3 Å². The second kappa shape index (κ2) is 6.43. The number of H-pyrrole nitrogens is 2. The Hall–Kier alpha value is -2.79. The smallest absolute Gasteiger partial charge is 0.326 e. The number of imidazole rings is 1. The van der Waals surface area contributed by atoms with Crippen LogP contribution in [0.4, 0.5) is 0 Å². The van der Waals surface area contributed by atoms with Crippen LogP contribution >= 0.6 is 0 Å². The highest BCUT2D eigenvalue weighted by Crippen LogP contribution is 2.29. The van der Waals surface area contributed by atoms with Gasteiger partial charge in [0.25, 0.3) is 0 Å². The summed E-state index contributed by atoms with van der Waals surface area (Å²) in [6.07, 6.45) is 3.25. The summed E-state index contributed by atoms with van der Waals surface area (Å²) in [5.74, 6) is 0. The Kier molecular flexibility index (Phi) is 3.90. The second-order valence-electron chi connectivity index (χ2n) is 7.62. The highest BCUT2D eigenvalue weighted by molar-refractivity contribution is 5.85. The van der Waals surface area contributed by atoms with E-state index in [9.17, 15) is 4.79 Å². The molecule has 5 nitrogen and oxygen atoms in total. The minimum Gasteiger partial charge on any atom is -0.358 e. The van der Waals surface area contributed by atoms with Crippen molar-refractivity contribution in [2.24, 2.45) is 0 Å². The van der Waals surface area contributed by atoms with E-state index in [1.165, 1.54) is 27.7 Å². The molecule has 27 heavy (non-hydrogen) atoms. The van der Waals surface area contributed by atoms with Crippen molar-refractivity contribution >= 4 is 21.9 Å². The molecule has 0 saturated carbocycles. The van der Waals surface area contributed by atoms with Crippen LogP contribution in [0.25, 0.3) is 21.9 Å². The molecular weight excluding hydrogens is 336 g/mol. The summed E-state index contributed by atoms with van der Waals surface area (Å²) >= 11 is 0. The Morgan fingerprint density at radius 1 is 1.15 bits per heavy atom. The minimum absolute atomic E-state index is 0.0314. The second-order valence-corrected chi connectivity index (χ2v) is 7.62. The van der Waals surface area contributed by atoms with Crippen LogP contribution in [-0.4, -0.2) is 27.1 Å². The number of aromatic nitrogens is 3. The van der Waals surface area contributed by atoms with Gasteiger partial charge in [-0.1, -0.05) is 23.8 Å². The third-order valence-electron chi connectivity index (χ3n) is 5.79. The van der Waals surface area contributed by atoms with Gasteiger partial charge in [0, 0.05) is 35.7 Å². The normalized spacial score (nSPS) is 16.9. The molecule has 5 heteroatoms. The molecule has 0 fully saturated rings. The Morgan fingerprint density at radius 2 is 2.04 bits per heavy atom. The Bertz CT molecular complexity index is 1180. The van der Waals surface area contributed by atoms with E-state index >= 15 is 0 Å². The molecule has 2 heterocycles. The number of benzene rings is 2. The van der Waals surface area contributed by atoms with Gasteiger partial charge in [0.1, 0.15) is 0 Å². The zero-order valence-corrected chi connectivity index (χ0v) is 15.5. The molecule has 1 atom stereocenters. The SMILES string of the molecule is Cc1ccc2[nH]c3c(c2c1)CC(NCCn1c(=O)[nH]c2ccccc21)CC3. The number of hydrogen-bond donors (Lipinski definition) is 3. The van der Waals surface area contributed by atoms with Gasteiger partial charge in [-0.05, 0) is 56.0 Å². The molecule has 138 valence electrons. The molecule has 0 amide bonds. The number of hydrogen-bond acceptors (Lipinski definition) is 2. The van der Waals surface area contributed by atoms with Gasteiger partial charge in [-0.2, -0.15) is 0 Å². The van der Waals surface area contributed by atoms with Gasteiger partial charge in [0.05, 0.1) is 11.0 Å². The van der Waals surface area contributed by atoms with E-state index in [2.05, 4.69) is 40.4 Å². The fourth-order valence-corrected chi connectivity index (χ4v) is 4.41. The predicted octanol–water partition coefficient (Wildman–Crippen LogP) is 3.27. The first-order valence-corrected chi connectivity index (χ1v) is 9.70. The lowest BCUT2D eigenvalue weighted by molar-refractivity contribution is 0.443.